The Balaban J connectivity index is 1.76. The zero-order chi connectivity index (χ0) is 24.0. The molecule has 0 saturated carbocycles. The predicted octanol–water partition coefficient (Wildman–Crippen LogP) is -0.539. The quantitative estimate of drug-likeness (QED) is 0.229. The third-order valence-electron chi connectivity index (χ3n) is 5.26. The van der Waals surface area contributed by atoms with Crippen LogP contribution in [0, 0.1) is 0 Å². The first-order chi connectivity index (χ1) is 15.6. The lowest BCUT2D eigenvalue weighted by Gasteiger charge is -2.39. The van der Waals surface area contributed by atoms with Crippen molar-refractivity contribution in [2.75, 3.05) is 6.61 Å². The van der Waals surface area contributed by atoms with E-state index in [1.165, 1.54) is 6.07 Å². The highest BCUT2D eigenvalue weighted by molar-refractivity contribution is 5.88. The van der Waals surface area contributed by atoms with Gasteiger partial charge in [-0.1, -0.05) is 0 Å². The summed E-state index contributed by atoms with van der Waals surface area (Å²) in [6, 6.07) is 5.55. The molecule has 0 aliphatic carbocycles. The molecule has 0 radical (unpaired) electrons. The fraction of sp³-hybridized carbons (Fsp3) is 0.286. The SMILES string of the molecule is O=c1c(O)c(-c2ccc(O)c(O)c2)oc2cc(O[C@@H]3OC(CO)[C@H](O)[C@H](O)C3O)cc(O)c12. The third kappa shape index (κ3) is 3.90. The highest BCUT2D eigenvalue weighted by atomic mass is 16.7. The van der Waals surface area contributed by atoms with E-state index in [1.807, 2.05) is 0 Å². The van der Waals surface area contributed by atoms with Crippen molar-refractivity contribution in [3.63, 3.8) is 0 Å². The summed E-state index contributed by atoms with van der Waals surface area (Å²) in [5, 5.41) is 78.6. The maximum Gasteiger partial charge on any atom is 0.238 e. The van der Waals surface area contributed by atoms with E-state index in [-0.39, 0.29) is 28.0 Å². The zero-order valence-corrected chi connectivity index (χ0v) is 16.7. The molecule has 1 aromatic heterocycles. The van der Waals surface area contributed by atoms with Crippen LogP contribution in [0.15, 0.2) is 39.5 Å². The fourth-order valence-corrected chi connectivity index (χ4v) is 3.49. The van der Waals surface area contributed by atoms with Crippen molar-refractivity contribution in [3.8, 4) is 40.1 Å². The monoisotopic (exact) mass is 464 g/mol. The molecule has 8 N–H and O–H groups in total. The Kier molecular flexibility index (Phi) is 5.78. The Bertz CT molecular complexity index is 1250. The van der Waals surface area contributed by atoms with Gasteiger partial charge >= 0.3 is 0 Å². The minimum atomic E-state index is -1.72. The van der Waals surface area contributed by atoms with Crippen molar-refractivity contribution in [3.05, 3.63) is 40.6 Å². The molecule has 4 rings (SSSR count). The zero-order valence-electron chi connectivity index (χ0n) is 16.7. The topological polar surface area (TPSA) is 211 Å². The molecule has 0 amide bonds. The largest absolute Gasteiger partial charge is 0.507 e. The number of rotatable bonds is 4. The molecule has 0 spiro atoms. The molecule has 3 aromatic rings. The van der Waals surface area contributed by atoms with E-state index in [1.54, 1.807) is 0 Å². The lowest BCUT2D eigenvalue weighted by Crippen LogP contribution is -2.60. The Morgan fingerprint density at radius 2 is 1.61 bits per heavy atom. The Hall–Kier alpha value is -3.55. The third-order valence-corrected chi connectivity index (χ3v) is 5.26. The average molecular weight is 464 g/mol. The summed E-state index contributed by atoms with van der Waals surface area (Å²) in [6.45, 7) is -0.676. The van der Waals surface area contributed by atoms with E-state index >= 15 is 0 Å². The molecule has 0 bridgehead atoms. The molecular formula is C21H20O12. The van der Waals surface area contributed by atoms with Crippen LogP contribution in [0.5, 0.6) is 28.7 Å². The van der Waals surface area contributed by atoms with Gasteiger partial charge in [0, 0.05) is 17.7 Å². The van der Waals surface area contributed by atoms with Gasteiger partial charge in [-0.05, 0) is 18.2 Å². The van der Waals surface area contributed by atoms with Gasteiger partial charge in [-0.2, -0.15) is 0 Å². The summed E-state index contributed by atoms with van der Waals surface area (Å²) in [4.78, 5) is 12.6. The van der Waals surface area contributed by atoms with Gasteiger partial charge in [-0.15, -0.1) is 0 Å². The van der Waals surface area contributed by atoms with Crippen molar-refractivity contribution in [2.24, 2.45) is 0 Å². The Morgan fingerprint density at radius 1 is 0.879 bits per heavy atom. The molecule has 2 heterocycles. The Morgan fingerprint density at radius 3 is 2.27 bits per heavy atom. The number of ether oxygens (including phenoxy) is 2. The number of aromatic hydroxyl groups is 4. The van der Waals surface area contributed by atoms with Gasteiger partial charge in [0.2, 0.25) is 17.5 Å². The van der Waals surface area contributed by atoms with E-state index in [0.29, 0.717) is 0 Å². The van der Waals surface area contributed by atoms with Crippen molar-refractivity contribution >= 4 is 11.0 Å². The van der Waals surface area contributed by atoms with Crippen LogP contribution < -0.4 is 10.2 Å². The average Bonchev–Trinajstić information content (AvgIpc) is 2.78. The number of aliphatic hydroxyl groups is 4. The van der Waals surface area contributed by atoms with Gasteiger partial charge in [0.15, 0.2) is 17.3 Å². The molecular weight excluding hydrogens is 444 g/mol. The van der Waals surface area contributed by atoms with Crippen LogP contribution in [-0.2, 0) is 4.74 Å². The first kappa shape index (κ1) is 22.6. The maximum absolute atomic E-state index is 12.6. The van der Waals surface area contributed by atoms with Crippen molar-refractivity contribution in [1.82, 2.24) is 0 Å². The molecule has 5 atom stereocenters. The number of hydrogen-bond acceptors (Lipinski definition) is 12. The summed E-state index contributed by atoms with van der Waals surface area (Å²) in [5.41, 5.74) is -1.20. The highest BCUT2D eigenvalue weighted by Crippen LogP contribution is 2.38. The van der Waals surface area contributed by atoms with E-state index in [2.05, 4.69) is 0 Å². The van der Waals surface area contributed by atoms with Crippen LogP contribution in [0.25, 0.3) is 22.3 Å². The van der Waals surface area contributed by atoms with E-state index < -0.39 is 65.7 Å². The van der Waals surface area contributed by atoms with Crippen LogP contribution in [0.3, 0.4) is 0 Å². The molecule has 12 nitrogen and oxygen atoms in total. The summed E-state index contributed by atoms with van der Waals surface area (Å²) in [5.74, 6) is -3.02. The smallest absolute Gasteiger partial charge is 0.238 e. The number of benzene rings is 2. The van der Waals surface area contributed by atoms with Gasteiger partial charge in [0.25, 0.3) is 0 Å². The van der Waals surface area contributed by atoms with E-state index in [9.17, 15) is 45.6 Å². The fourth-order valence-electron chi connectivity index (χ4n) is 3.49. The first-order valence-corrected chi connectivity index (χ1v) is 9.64. The number of fused-ring (bicyclic) bond motifs is 1. The van der Waals surface area contributed by atoms with Gasteiger partial charge in [0.05, 0.1) is 6.61 Å². The molecule has 33 heavy (non-hydrogen) atoms. The van der Waals surface area contributed by atoms with E-state index in [4.69, 9.17) is 13.9 Å². The summed E-state index contributed by atoms with van der Waals surface area (Å²) < 4.78 is 16.3. The summed E-state index contributed by atoms with van der Waals surface area (Å²) >= 11 is 0. The molecule has 1 aliphatic rings. The second kappa shape index (κ2) is 8.42. The lowest BCUT2D eigenvalue weighted by molar-refractivity contribution is -0.277. The van der Waals surface area contributed by atoms with Crippen molar-refractivity contribution in [2.45, 2.75) is 30.7 Å². The Labute approximate surface area is 184 Å². The molecule has 2 unspecified atom stereocenters. The van der Waals surface area contributed by atoms with Gasteiger partial charge in [-0.25, -0.2) is 0 Å². The summed E-state index contributed by atoms with van der Waals surface area (Å²) in [6.07, 6.45) is -7.80. The molecule has 176 valence electrons. The second-order valence-corrected chi connectivity index (χ2v) is 7.44. The van der Waals surface area contributed by atoms with E-state index in [0.717, 1.165) is 24.3 Å². The van der Waals surface area contributed by atoms with Crippen LogP contribution in [0.4, 0.5) is 0 Å². The predicted molar refractivity (Wildman–Crippen MR) is 109 cm³/mol. The van der Waals surface area contributed by atoms with Gasteiger partial charge in [-0.3, -0.25) is 4.79 Å². The second-order valence-electron chi connectivity index (χ2n) is 7.44. The molecule has 1 saturated heterocycles. The van der Waals surface area contributed by atoms with Crippen molar-refractivity contribution in [1.29, 1.82) is 0 Å². The number of phenols is 3. The number of aliphatic hydroxyl groups excluding tert-OH is 4. The lowest BCUT2D eigenvalue weighted by atomic mass is 9.99. The summed E-state index contributed by atoms with van der Waals surface area (Å²) in [7, 11) is 0. The first-order valence-electron chi connectivity index (χ1n) is 9.64. The molecule has 1 fully saturated rings. The number of phenolic OH excluding ortho intramolecular Hbond substituents is 3. The highest BCUT2D eigenvalue weighted by Gasteiger charge is 2.44. The van der Waals surface area contributed by atoms with Crippen molar-refractivity contribution < 1.29 is 54.7 Å². The minimum absolute atomic E-state index is 0.0431. The van der Waals surface area contributed by atoms with Crippen LogP contribution in [0.1, 0.15) is 0 Å². The normalized spacial score (nSPS) is 25.3. The molecule has 1 aliphatic heterocycles. The molecule has 2 aromatic carbocycles. The number of hydrogen-bond donors (Lipinski definition) is 8. The van der Waals surface area contributed by atoms with Crippen LogP contribution >= 0.6 is 0 Å². The van der Waals surface area contributed by atoms with Crippen LogP contribution in [-0.4, -0.2) is 78.2 Å². The maximum atomic E-state index is 12.6. The van der Waals surface area contributed by atoms with Crippen LogP contribution in [0.2, 0.25) is 0 Å². The van der Waals surface area contributed by atoms with Gasteiger partial charge in [0.1, 0.15) is 46.9 Å². The standard InChI is InChI=1S/C21H20O12/c22-6-13-15(26)17(28)19(30)21(33-13)31-8-4-11(25)14-12(5-8)32-20(18(29)16(14)27)7-1-2-9(23)10(24)3-7/h1-5,13,15,17,19,21-26,28-30H,6H2/t13?,15-,17-,19?,21+/m0/s1. The van der Waals surface area contributed by atoms with Gasteiger partial charge < -0.3 is 54.7 Å². The minimum Gasteiger partial charge on any atom is -0.507 e. The molecule has 12 heteroatoms.